The second-order valence-corrected chi connectivity index (χ2v) is 5.23. The highest BCUT2D eigenvalue weighted by atomic mass is 32.1. The van der Waals surface area contributed by atoms with Gasteiger partial charge in [0.15, 0.2) is 0 Å². The van der Waals surface area contributed by atoms with Gasteiger partial charge in [-0.15, -0.1) is 11.3 Å². The van der Waals surface area contributed by atoms with Crippen molar-refractivity contribution in [2.45, 2.75) is 39.2 Å². The number of nitrogens with one attached hydrogen (secondary N) is 2. The van der Waals surface area contributed by atoms with E-state index in [1.165, 1.54) is 24.1 Å². The summed E-state index contributed by atoms with van der Waals surface area (Å²) in [4.78, 5) is 1.51. The normalized spacial score (nSPS) is 12.9. The molecule has 3 heteroatoms. The van der Waals surface area contributed by atoms with Crippen LogP contribution in [0.1, 0.15) is 31.6 Å². The van der Waals surface area contributed by atoms with E-state index in [4.69, 9.17) is 0 Å². The number of rotatable bonds is 9. The van der Waals surface area contributed by atoms with Crippen LogP contribution < -0.4 is 10.6 Å². The van der Waals surface area contributed by atoms with E-state index in [1.807, 2.05) is 11.3 Å². The van der Waals surface area contributed by atoms with E-state index in [9.17, 15) is 0 Å². The van der Waals surface area contributed by atoms with Crippen LogP contribution in [0.25, 0.3) is 0 Å². The third-order valence-electron chi connectivity index (χ3n) is 2.62. The molecule has 1 aromatic rings. The van der Waals surface area contributed by atoms with Gasteiger partial charge < -0.3 is 10.6 Å². The van der Waals surface area contributed by atoms with E-state index in [0.29, 0.717) is 6.04 Å². The number of hydrogen-bond acceptors (Lipinski definition) is 3. The van der Waals surface area contributed by atoms with Crippen molar-refractivity contribution in [1.29, 1.82) is 0 Å². The van der Waals surface area contributed by atoms with Gasteiger partial charge in [0.05, 0.1) is 0 Å². The third kappa shape index (κ3) is 6.26. The number of hydrogen-bond donors (Lipinski definition) is 2. The molecular formula is C13H24N2S. The van der Waals surface area contributed by atoms with E-state index in [0.717, 1.165) is 19.6 Å². The minimum atomic E-state index is 0.585. The van der Waals surface area contributed by atoms with Gasteiger partial charge in [0, 0.05) is 17.5 Å². The first-order chi connectivity index (χ1) is 7.83. The molecule has 0 bridgehead atoms. The molecule has 0 spiro atoms. The number of likely N-dealkylation sites (N-methyl/N-ethyl adjacent to an activating group) is 1. The summed E-state index contributed by atoms with van der Waals surface area (Å²) in [5, 5.41) is 9.05. The fraction of sp³-hybridized carbons (Fsp3) is 0.692. The Bertz CT molecular complexity index is 246. The Hall–Kier alpha value is -0.380. The molecule has 0 saturated carbocycles. The van der Waals surface area contributed by atoms with E-state index in [2.05, 4.69) is 42.0 Å². The molecule has 0 aliphatic heterocycles. The fourth-order valence-corrected chi connectivity index (χ4v) is 2.41. The minimum Gasteiger partial charge on any atom is -0.315 e. The first-order valence-electron chi connectivity index (χ1n) is 6.29. The highest BCUT2D eigenvalue weighted by Gasteiger charge is 1.99. The molecule has 1 heterocycles. The topological polar surface area (TPSA) is 24.1 Å². The second-order valence-electron chi connectivity index (χ2n) is 4.20. The molecule has 0 radical (unpaired) electrons. The molecular weight excluding hydrogens is 216 g/mol. The van der Waals surface area contributed by atoms with Gasteiger partial charge in [-0.1, -0.05) is 13.0 Å². The van der Waals surface area contributed by atoms with Gasteiger partial charge in [0.1, 0.15) is 0 Å². The number of aryl methyl sites for hydroxylation is 1. The van der Waals surface area contributed by atoms with Crippen LogP contribution in [-0.2, 0) is 6.42 Å². The smallest absolute Gasteiger partial charge is 0.0164 e. The molecule has 0 saturated heterocycles. The SMILES string of the molecule is CCNCC(C)NCCCCc1cccs1. The van der Waals surface area contributed by atoms with Crippen LogP contribution in [-0.4, -0.2) is 25.7 Å². The van der Waals surface area contributed by atoms with Crippen molar-refractivity contribution >= 4 is 11.3 Å². The molecule has 0 aromatic carbocycles. The van der Waals surface area contributed by atoms with Gasteiger partial charge in [0.2, 0.25) is 0 Å². The van der Waals surface area contributed by atoms with Crippen LogP contribution in [0.15, 0.2) is 17.5 Å². The maximum absolute atomic E-state index is 3.54. The Morgan fingerprint density at radius 3 is 2.94 bits per heavy atom. The van der Waals surface area contributed by atoms with Crippen LogP contribution in [0.3, 0.4) is 0 Å². The lowest BCUT2D eigenvalue weighted by Gasteiger charge is -2.13. The van der Waals surface area contributed by atoms with Crippen molar-refractivity contribution in [2.24, 2.45) is 0 Å². The maximum atomic E-state index is 3.54. The average molecular weight is 240 g/mol. The predicted octanol–water partition coefficient (Wildman–Crippen LogP) is 2.66. The quantitative estimate of drug-likeness (QED) is 0.649. The van der Waals surface area contributed by atoms with E-state index >= 15 is 0 Å². The van der Waals surface area contributed by atoms with Crippen LogP contribution >= 0.6 is 11.3 Å². The molecule has 0 aliphatic carbocycles. The van der Waals surface area contributed by atoms with Gasteiger partial charge in [-0.05, 0) is 50.7 Å². The van der Waals surface area contributed by atoms with E-state index < -0.39 is 0 Å². The average Bonchev–Trinajstić information content (AvgIpc) is 2.79. The molecule has 0 aliphatic rings. The lowest BCUT2D eigenvalue weighted by molar-refractivity contribution is 0.497. The van der Waals surface area contributed by atoms with Crippen molar-refractivity contribution in [1.82, 2.24) is 10.6 Å². The molecule has 2 nitrogen and oxygen atoms in total. The van der Waals surface area contributed by atoms with Crippen LogP contribution in [0.4, 0.5) is 0 Å². The summed E-state index contributed by atoms with van der Waals surface area (Å²) >= 11 is 1.87. The summed E-state index contributed by atoms with van der Waals surface area (Å²) < 4.78 is 0. The Morgan fingerprint density at radius 2 is 2.25 bits per heavy atom. The van der Waals surface area contributed by atoms with Crippen LogP contribution in [0.2, 0.25) is 0 Å². The van der Waals surface area contributed by atoms with Gasteiger partial charge in [0.25, 0.3) is 0 Å². The van der Waals surface area contributed by atoms with Crippen molar-refractivity contribution in [2.75, 3.05) is 19.6 Å². The van der Waals surface area contributed by atoms with Crippen molar-refractivity contribution in [3.63, 3.8) is 0 Å². The molecule has 1 rings (SSSR count). The van der Waals surface area contributed by atoms with Crippen LogP contribution in [0, 0.1) is 0 Å². The zero-order chi connectivity index (χ0) is 11.6. The van der Waals surface area contributed by atoms with Crippen molar-refractivity contribution in [3.8, 4) is 0 Å². The highest BCUT2D eigenvalue weighted by molar-refractivity contribution is 7.09. The first-order valence-corrected chi connectivity index (χ1v) is 7.17. The Balaban J connectivity index is 1.91. The fourth-order valence-electron chi connectivity index (χ4n) is 1.66. The summed E-state index contributed by atoms with van der Waals surface area (Å²) in [7, 11) is 0. The highest BCUT2D eigenvalue weighted by Crippen LogP contribution is 2.11. The number of thiophene rings is 1. The van der Waals surface area contributed by atoms with E-state index in [-0.39, 0.29) is 0 Å². The van der Waals surface area contributed by atoms with Crippen molar-refractivity contribution < 1.29 is 0 Å². The molecule has 0 fully saturated rings. The Labute approximate surface area is 103 Å². The Kier molecular flexibility index (Phi) is 7.47. The molecule has 1 aromatic heterocycles. The summed E-state index contributed by atoms with van der Waals surface area (Å²) in [5.74, 6) is 0. The standard InChI is InChI=1S/C13H24N2S/c1-3-14-11-12(2)15-9-5-4-7-13-8-6-10-16-13/h6,8,10,12,14-15H,3-5,7,9,11H2,1-2H3. The predicted molar refractivity (Wildman–Crippen MR) is 73.3 cm³/mol. The lowest BCUT2D eigenvalue weighted by atomic mass is 10.2. The van der Waals surface area contributed by atoms with Gasteiger partial charge in [-0.25, -0.2) is 0 Å². The summed E-state index contributed by atoms with van der Waals surface area (Å²) in [6, 6.07) is 4.95. The lowest BCUT2D eigenvalue weighted by Crippen LogP contribution is -2.36. The molecule has 0 amide bonds. The summed E-state index contributed by atoms with van der Waals surface area (Å²) in [6.45, 7) is 7.65. The molecule has 2 N–H and O–H groups in total. The zero-order valence-corrected chi connectivity index (χ0v) is 11.3. The van der Waals surface area contributed by atoms with Gasteiger partial charge >= 0.3 is 0 Å². The molecule has 92 valence electrons. The van der Waals surface area contributed by atoms with E-state index in [1.54, 1.807) is 0 Å². The first kappa shape index (κ1) is 13.7. The van der Waals surface area contributed by atoms with Gasteiger partial charge in [-0.3, -0.25) is 0 Å². The van der Waals surface area contributed by atoms with Gasteiger partial charge in [-0.2, -0.15) is 0 Å². The Morgan fingerprint density at radius 1 is 1.38 bits per heavy atom. The minimum absolute atomic E-state index is 0.585. The third-order valence-corrected chi connectivity index (χ3v) is 3.56. The summed E-state index contributed by atoms with van der Waals surface area (Å²) in [5.41, 5.74) is 0. The molecule has 1 unspecified atom stereocenters. The monoisotopic (exact) mass is 240 g/mol. The molecule has 16 heavy (non-hydrogen) atoms. The summed E-state index contributed by atoms with van der Waals surface area (Å²) in [6.07, 6.45) is 3.80. The zero-order valence-electron chi connectivity index (χ0n) is 10.5. The number of unbranched alkanes of at least 4 members (excludes halogenated alkanes) is 1. The second kappa shape index (κ2) is 8.74. The van der Waals surface area contributed by atoms with Crippen LogP contribution in [0.5, 0.6) is 0 Å². The largest absolute Gasteiger partial charge is 0.315 e. The molecule has 1 atom stereocenters. The van der Waals surface area contributed by atoms with Crippen molar-refractivity contribution in [3.05, 3.63) is 22.4 Å². The maximum Gasteiger partial charge on any atom is 0.0164 e.